The van der Waals surface area contributed by atoms with E-state index < -0.39 is 17.3 Å². The lowest BCUT2D eigenvalue weighted by Gasteiger charge is -2.12. The van der Waals surface area contributed by atoms with Gasteiger partial charge in [0, 0.05) is 42.1 Å². The zero-order valence-corrected chi connectivity index (χ0v) is 20.2. The number of carbonyl (C=O) groups is 1. The number of rotatable bonds is 7. The van der Waals surface area contributed by atoms with E-state index >= 15 is 0 Å². The Bertz CT molecular complexity index is 1690. The van der Waals surface area contributed by atoms with Crippen LogP contribution in [0.3, 0.4) is 0 Å². The van der Waals surface area contributed by atoms with Crippen LogP contribution in [0.2, 0.25) is 0 Å². The van der Waals surface area contributed by atoms with Crippen molar-refractivity contribution in [1.82, 2.24) is 19.5 Å². The van der Waals surface area contributed by atoms with Crippen molar-refractivity contribution in [1.29, 1.82) is 0 Å². The lowest BCUT2D eigenvalue weighted by molar-refractivity contribution is 0.102. The molecule has 2 aromatic carbocycles. The highest BCUT2D eigenvalue weighted by molar-refractivity contribution is 6.02. The Morgan fingerprint density at radius 3 is 2.39 bits per heavy atom. The highest BCUT2D eigenvalue weighted by Crippen LogP contribution is 2.34. The molecule has 1 amide bonds. The van der Waals surface area contributed by atoms with Crippen molar-refractivity contribution in [3.63, 3.8) is 0 Å². The van der Waals surface area contributed by atoms with Gasteiger partial charge >= 0.3 is 0 Å². The second-order valence-electron chi connectivity index (χ2n) is 7.88. The Kier molecular flexibility index (Phi) is 6.64. The first-order chi connectivity index (χ1) is 18.5. The Balaban J connectivity index is 1.34. The fraction of sp³-hybridized carbons (Fsp3) is 0.0741. The summed E-state index contributed by atoms with van der Waals surface area (Å²) in [4.78, 5) is 38.3. The monoisotopic (exact) mass is 513 g/mol. The molecule has 0 aliphatic heterocycles. The number of benzene rings is 2. The molecule has 0 saturated heterocycles. The minimum absolute atomic E-state index is 0.295. The molecule has 11 heteroatoms. The third-order valence-corrected chi connectivity index (χ3v) is 5.52. The molecule has 0 radical (unpaired) electrons. The van der Waals surface area contributed by atoms with Gasteiger partial charge in [0.2, 0.25) is 0 Å². The van der Waals surface area contributed by atoms with Crippen molar-refractivity contribution in [2.45, 2.75) is 0 Å². The molecule has 0 spiro atoms. The van der Waals surface area contributed by atoms with Gasteiger partial charge < -0.3 is 19.5 Å². The Labute approximate surface area is 215 Å². The van der Waals surface area contributed by atoms with Gasteiger partial charge in [-0.2, -0.15) is 0 Å². The second kappa shape index (κ2) is 10.3. The van der Waals surface area contributed by atoms with Gasteiger partial charge in [-0.25, -0.2) is 14.4 Å². The zero-order valence-electron chi connectivity index (χ0n) is 20.2. The standard InChI is InChI=1S/C27H20FN5O5/c1-36-22-15-20-23(32-26(22)37-2)21(11-12-29-20)38-19-9-5-17(6-10-19)31-25(34)24-27(35)33(14-13-30-24)18-7-3-16(28)4-8-18/h3-15H,1-2H3,(H,31,34). The number of nitrogens with one attached hydrogen (secondary N) is 1. The van der Waals surface area contributed by atoms with Crippen LogP contribution in [-0.2, 0) is 0 Å². The topological polar surface area (TPSA) is 117 Å². The Morgan fingerprint density at radius 2 is 1.68 bits per heavy atom. The molecule has 190 valence electrons. The molecule has 0 saturated carbocycles. The molecule has 38 heavy (non-hydrogen) atoms. The van der Waals surface area contributed by atoms with Crippen LogP contribution in [0.15, 0.2) is 84.0 Å². The Morgan fingerprint density at radius 1 is 0.921 bits per heavy atom. The van der Waals surface area contributed by atoms with E-state index in [1.165, 1.54) is 55.4 Å². The first-order valence-corrected chi connectivity index (χ1v) is 11.3. The predicted octanol–water partition coefficient (Wildman–Crippen LogP) is 4.38. The molecule has 5 aromatic rings. The van der Waals surface area contributed by atoms with Gasteiger partial charge in [0.25, 0.3) is 17.3 Å². The number of halogens is 1. The minimum Gasteiger partial charge on any atom is -0.491 e. The van der Waals surface area contributed by atoms with Crippen molar-refractivity contribution in [2.24, 2.45) is 0 Å². The average molecular weight is 513 g/mol. The summed E-state index contributed by atoms with van der Waals surface area (Å²) in [6, 6.07) is 15.2. The molecular formula is C27H20FN5O5. The maximum absolute atomic E-state index is 13.2. The molecule has 3 heterocycles. The molecule has 0 unspecified atom stereocenters. The number of nitrogens with zero attached hydrogens (tertiary/aromatic N) is 4. The van der Waals surface area contributed by atoms with Crippen LogP contribution in [0.5, 0.6) is 23.1 Å². The number of amides is 1. The number of methoxy groups -OCH3 is 2. The number of hydrogen-bond acceptors (Lipinski definition) is 8. The van der Waals surface area contributed by atoms with Crippen LogP contribution in [0.4, 0.5) is 10.1 Å². The summed E-state index contributed by atoms with van der Waals surface area (Å²) < 4.78 is 31.0. The summed E-state index contributed by atoms with van der Waals surface area (Å²) in [6.07, 6.45) is 4.32. The van der Waals surface area contributed by atoms with Crippen LogP contribution in [0.25, 0.3) is 16.7 Å². The lowest BCUT2D eigenvalue weighted by Crippen LogP contribution is -2.29. The molecule has 5 rings (SSSR count). The molecular weight excluding hydrogens is 493 g/mol. The van der Waals surface area contributed by atoms with E-state index in [1.54, 1.807) is 42.6 Å². The second-order valence-corrected chi connectivity index (χ2v) is 7.88. The normalized spacial score (nSPS) is 10.7. The summed E-state index contributed by atoms with van der Waals surface area (Å²) in [5.74, 6) is 0.539. The van der Waals surface area contributed by atoms with Gasteiger partial charge in [-0.1, -0.05) is 0 Å². The van der Waals surface area contributed by atoms with Gasteiger partial charge in [0.15, 0.2) is 17.2 Å². The molecule has 0 bridgehead atoms. The largest absolute Gasteiger partial charge is 0.491 e. The van der Waals surface area contributed by atoms with Crippen molar-refractivity contribution in [2.75, 3.05) is 19.5 Å². The van der Waals surface area contributed by atoms with E-state index in [0.29, 0.717) is 45.5 Å². The predicted molar refractivity (Wildman–Crippen MR) is 137 cm³/mol. The maximum Gasteiger partial charge on any atom is 0.286 e. The van der Waals surface area contributed by atoms with E-state index in [2.05, 4.69) is 20.3 Å². The first kappa shape index (κ1) is 24.4. The summed E-state index contributed by atoms with van der Waals surface area (Å²) in [5, 5.41) is 2.65. The number of anilines is 1. The number of aromatic nitrogens is 4. The molecule has 1 N–H and O–H groups in total. The van der Waals surface area contributed by atoms with Crippen molar-refractivity contribution < 1.29 is 23.4 Å². The fourth-order valence-corrected chi connectivity index (χ4v) is 3.68. The fourth-order valence-electron chi connectivity index (χ4n) is 3.68. The summed E-state index contributed by atoms with van der Waals surface area (Å²) >= 11 is 0. The summed E-state index contributed by atoms with van der Waals surface area (Å²) in [7, 11) is 3.00. The SMILES string of the molecule is COc1cc2nccc(Oc3ccc(NC(=O)c4nccn(-c5ccc(F)cc5)c4=O)cc3)c2nc1OC. The maximum atomic E-state index is 13.2. The van der Waals surface area contributed by atoms with E-state index in [4.69, 9.17) is 14.2 Å². The van der Waals surface area contributed by atoms with E-state index in [-0.39, 0.29) is 5.69 Å². The molecule has 0 fully saturated rings. The van der Waals surface area contributed by atoms with Crippen LogP contribution in [0, 0.1) is 5.82 Å². The molecule has 10 nitrogen and oxygen atoms in total. The smallest absolute Gasteiger partial charge is 0.286 e. The number of pyridine rings is 2. The molecule has 0 atom stereocenters. The van der Waals surface area contributed by atoms with E-state index in [1.807, 2.05) is 0 Å². The average Bonchev–Trinajstić information content (AvgIpc) is 2.94. The summed E-state index contributed by atoms with van der Waals surface area (Å²) in [6.45, 7) is 0. The van der Waals surface area contributed by atoms with Gasteiger partial charge in [-0.15, -0.1) is 0 Å². The first-order valence-electron chi connectivity index (χ1n) is 11.3. The molecule has 0 aliphatic rings. The van der Waals surface area contributed by atoms with Gasteiger partial charge in [-0.3, -0.25) is 19.1 Å². The Hall–Kier alpha value is -5.32. The lowest BCUT2D eigenvalue weighted by atomic mass is 10.2. The highest BCUT2D eigenvalue weighted by Gasteiger charge is 2.16. The number of fused-ring (bicyclic) bond motifs is 1. The summed E-state index contributed by atoms with van der Waals surface area (Å²) in [5.41, 5.74) is 0.922. The third kappa shape index (κ3) is 4.85. The minimum atomic E-state index is -0.689. The van der Waals surface area contributed by atoms with Gasteiger partial charge in [0.1, 0.15) is 17.1 Å². The molecule has 3 aromatic heterocycles. The van der Waals surface area contributed by atoms with Gasteiger partial charge in [0.05, 0.1) is 19.7 Å². The van der Waals surface area contributed by atoms with Crippen molar-refractivity contribution >= 4 is 22.6 Å². The number of carbonyl (C=O) groups excluding carboxylic acids is 1. The quantitative estimate of drug-likeness (QED) is 0.341. The van der Waals surface area contributed by atoms with Crippen LogP contribution < -0.4 is 25.1 Å². The van der Waals surface area contributed by atoms with Crippen LogP contribution in [-0.4, -0.2) is 39.6 Å². The van der Waals surface area contributed by atoms with E-state index in [9.17, 15) is 14.0 Å². The molecule has 0 aliphatic carbocycles. The van der Waals surface area contributed by atoms with Crippen molar-refractivity contribution in [3.05, 3.63) is 101 Å². The number of ether oxygens (including phenoxy) is 3. The van der Waals surface area contributed by atoms with Gasteiger partial charge in [-0.05, 0) is 48.5 Å². The van der Waals surface area contributed by atoms with Crippen LogP contribution in [0.1, 0.15) is 10.5 Å². The zero-order chi connectivity index (χ0) is 26.6. The highest BCUT2D eigenvalue weighted by atomic mass is 19.1. The van der Waals surface area contributed by atoms with E-state index in [0.717, 1.165) is 0 Å². The van der Waals surface area contributed by atoms with Crippen molar-refractivity contribution in [3.8, 4) is 28.8 Å². The van der Waals surface area contributed by atoms with Crippen LogP contribution >= 0.6 is 0 Å². The number of hydrogen-bond donors (Lipinski definition) is 1. The third-order valence-electron chi connectivity index (χ3n) is 5.52.